The van der Waals surface area contributed by atoms with Crippen molar-refractivity contribution < 1.29 is 36.2 Å². The van der Waals surface area contributed by atoms with Gasteiger partial charge in [0.15, 0.2) is 5.82 Å². The molecule has 0 aliphatic carbocycles. The lowest BCUT2D eigenvalue weighted by Crippen LogP contribution is -2.38. The van der Waals surface area contributed by atoms with Crippen molar-refractivity contribution in [1.82, 2.24) is 15.1 Å². The van der Waals surface area contributed by atoms with Crippen molar-refractivity contribution in [2.75, 3.05) is 36.5 Å². The van der Waals surface area contributed by atoms with E-state index in [9.17, 15) is 36.2 Å². The quantitative estimate of drug-likeness (QED) is 0.608. The Balaban J connectivity index is 2.10. The molecule has 0 bridgehead atoms. The lowest BCUT2D eigenvalue weighted by Gasteiger charge is -2.27. The number of carbonyl (C=O) groups excluding carboxylic acids is 1. The van der Waals surface area contributed by atoms with E-state index in [0.717, 1.165) is 6.07 Å². The van der Waals surface area contributed by atoms with Gasteiger partial charge in [-0.1, -0.05) is 6.07 Å². The van der Waals surface area contributed by atoms with E-state index in [4.69, 9.17) is 0 Å². The minimum Gasteiger partial charge on any atom is -0.392 e. The summed E-state index contributed by atoms with van der Waals surface area (Å²) in [6.07, 6.45) is -10.9. The molecule has 1 aliphatic rings. The van der Waals surface area contributed by atoms with E-state index in [1.54, 1.807) is 11.8 Å². The molecule has 3 rings (SSSR count). The third-order valence-corrected chi connectivity index (χ3v) is 5.76. The summed E-state index contributed by atoms with van der Waals surface area (Å²) in [6, 6.07) is 2.29. The summed E-state index contributed by atoms with van der Waals surface area (Å²) in [6.45, 7) is 2.32. The molecule has 1 amide bonds. The maximum atomic E-state index is 13.6. The molecule has 0 radical (unpaired) electrons. The molecule has 1 aromatic carbocycles. The van der Waals surface area contributed by atoms with Crippen LogP contribution in [0.15, 0.2) is 24.3 Å². The van der Waals surface area contributed by atoms with Gasteiger partial charge in [-0.25, -0.2) is 0 Å². The summed E-state index contributed by atoms with van der Waals surface area (Å²) < 4.78 is 79.8. The number of carbonyl (C=O) groups is 1. The van der Waals surface area contributed by atoms with Crippen molar-refractivity contribution in [3.8, 4) is 11.3 Å². The molecule has 6 nitrogen and oxygen atoms in total. The number of rotatable bonds is 5. The zero-order chi connectivity index (χ0) is 24.4. The van der Waals surface area contributed by atoms with Gasteiger partial charge in [0.05, 0.1) is 28.5 Å². The van der Waals surface area contributed by atoms with Gasteiger partial charge in [-0.2, -0.15) is 38.1 Å². The van der Waals surface area contributed by atoms with Crippen molar-refractivity contribution in [2.24, 2.45) is 0 Å². The molecule has 1 atom stereocenters. The molecular weight excluding hydrogens is 474 g/mol. The smallest absolute Gasteiger partial charge is 0.392 e. The average molecular weight is 494 g/mol. The normalized spacial score (nSPS) is 15.9. The van der Waals surface area contributed by atoms with Crippen molar-refractivity contribution in [1.29, 1.82) is 0 Å². The number of thioether (sulfide) groups is 1. The van der Waals surface area contributed by atoms with Gasteiger partial charge < -0.3 is 15.3 Å². The molecule has 0 spiro atoms. The van der Waals surface area contributed by atoms with E-state index in [1.165, 1.54) is 11.8 Å². The molecule has 1 saturated heterocycles. The molecule has 1 aliphatic heterocycles. The molecule has 33 heavy (non-hydrogen) atoms. The predicted molar refractivity (Wildman–Crippen MR) is 111 cm³/mol. The predicted octanol–water partition coefficient (Wildman–Crippen LogP) is 4.16. The molecule has 180 valence electrons. The van der Waals surface area contributed by atoms with Crippen LogP contribution in [0, 0.1) is 0 Å². The third kappa shape index (κ3) is 6.08. The number of amides is 1. The second kappa shape index (κ2) is 9.75. The summed E-state index contributed by atoms with van der Waals surface area (Å²) >= 11 is 1.65. The lowest BCUT2D eigenvalue weighted by molar-refractivity contribution is -0.142. The summed E-state index contributed by atoms with van der Waals surface area (Å²) in [5.41, 5.74) is -4.10. The van der Waals surface area contributed by atoms with E-state index in [1.807, 2.05) is 0 Å². The minimum atomic E-state index is -5.10. The van der Waals surface area contributed by atoms with Gasteiger partial charge in [-0.3, -0.25) is 4.79 Å². The lowest BCUT2D eigenvalue weighted by atomic mass is 9.99. The number of aromatic nitrogens is 2. The maximum absolute atomic E-state index is 13.6. The largest absolute Gasteiger partial charge is 0.417 e. The first-order valence-corrected chi connectivity index (χ1v) is 11.0. The number of halogens is 6. The van der Waals surface area contributed by atoms with Crippen molar-refractivity contribution >= 4 is 23.5 Å². The van der Waals surface area contributed by atoms with E-state index in [2.05, 4.69) is 15.5 Å². The monoisotopic (exact) mass is 494 g/mol. The van der Waals surface area contributed by atoms with Crippen LogP contribution in [0.1, 0.15) is 28.4 Å². The number of aliphatic hydroxyl groups is 1. The number of nitrogens with zero attached hydrogens (tertiary/aromatic N) is 3. The Morgan fingerprint density at radius 1 is 1.12 bits per heavy atom. The summed E-state index contributed by atoms with van der Waals surface area (Å²) in [4.78, 5) is 14.6. The number of nitrogens with one attached hydrogen (secondary N) is 1. The highest BCUT2D eigenvalue weighted by molar-refractivity contribution is 7.99. The van der Waals surface area contributed by atoms with Crippen molar-refractivity contribution in [2.45, 2.75) is 25.4 Å². The average Bonchev–Trinajstić information content (AvgIpc) is 2.76. The Bertz CT molecular complexity index is 1010. The molecule has 0 saturated carbocycles. The van der Waals surface area contributed by atoms with Crippen LogP contribution >= 0.6 is 11.8 Å². The fraction of sp³-hybridized carbons (Fsp3) is 0.450. The first-order chi connectivity index (χ1) is 15.4. The Morgan fingerprint density at radius 3 is 2.36 bits per heavy atom. The van der Waals surface area contributed by atoms with Gasteiger partial charge in [0.1, 0.15) is 0 Å². The molecular formula is C20H20F6N4O2S. The second-order valence-corrected chi connectivity index (χ2v) is 8.61. The molecule has 2 N–H and O–H groups in total. The van der Waals surface area contributed by atoms with E-state index in [0.29, 0.717) is 36.7 Å². The van der Waals surface area contributed by atoms with Crippen LogP contribution in [0.4, 0.5) is 32.2 Å². The van der Waals surface area contributed by atoms with Crippen LogP contribution in [-0.4, -0.2) is 63.4 Å². The number of anilines is 1. The molecule has 1 aromatic heterocycles. The van der Waals surface area contributed by atoms with Crippen molar-refractivity contribution in [3.63, 3.8) is 0 Å². The van der Waals surface area contributed by atoms with Crippen LogP contribution in [0.2, 0.25) is 0 Å². The van der Waals surface area contributed by atoms with Crippen LogP contribution in [0.5, 0.6) is 0 Å². The fourth-order valence-corrected chi connectivity index (χ4v) is 4.08. The van der Waals surface area contributed by atoms with Gasteiger partial charge in [0, 0.05) is 36.7 Å². The van der Waals surface area contributed by atoms with E-state index < -0.39 is 46.7 Å². The topological polar surface area (TPSA) is 78.3 Å². The Labute approximate surface area is 189 Å². The number of alkyl halides is 6. The molecule has 0 unspecified atom stereocenters. The second-order valence-electron chi connectivity index (χ2n) is 7.38. The van der Waals surface area contributed by atoms with Gasteiger partial charge in [-0.15, -0.1) is 10.2 Å². The summed E-state index contributed by atoms with van der Waals surface area (Å²) in [5, 5.41) is 19.8. The molecule has 2 heterocycles. The first kappa shape index (κ1) is 25.1. The zero-order valence-electron chi connectivity index (χ0n) is 17.3. The van der Waals surface area contributed by atoms with E-state index >= 15 is 0 Å². The highest BCUT2D eigenvalue weighted by atomic mass is 32.2. The third-order valence-electron chi connectivity index (χ3n) is 4.82. The van der Waals surface area contributed by atoms with Crippen LogP contribution in [0.3, 0.4) is 0 Å². The number of hydrogen-bond donors (Lipinski definition) is 2. The van der Waals surface area contributed by atoms with Gasteiger partial charge >= 0.3 is 12.4 Å². The molecule has 1 fully saturated rings. The number of hydrogen-bond acceptors (Lipinski definition) is 6. The van der Waals surface area contributed by atoms with Gasteiger partial charge in [0.25, 0.3) is 5.91 Å². The fourth-order valence-electron chi connectivity index (χ4n) is 3.18. The number of benzene rings is 1. The standard InChI is InChI=1S/C20H20F6N4O2S/c1-11(31)10-27-17-14(18(32)30-4-6-33-7-5-30)9-16(28-29-17)13-3-2-12(19(21,22)23)8-15(13)20(24,25)26/h2-3,8-9,11,31H,4-7,10H2,1H3,(H,27,29)/t11-/m1/s1. The summed E-state index contributed by atoms with van der Waals surface area (Å²) in [5.74, 6) is 0.832. The van der Waals surface area contributed by atoms with Crippen LogP contribution in [0.25, 0.3) is 11.3 Å². The van der Waals surface area contributed by atoms with Crippen LogP contribution in [-0.2, 0) is 12.4 Å². The number of aliphatic hydroxyl groups excluding tert-OH is 1. The summed E-state index contributed by atoms with van der Waals surface area (Å²) in [7, 11) is 0. The van der Waals surface area contributed by atoms with Crippen LogP contribution < -0.4 is 5.32 Å². The zero-order valence-corrected chi connectivity index (χ0v) is 18.1. The molecule has 2 aromatic rings. The van der Waals surface area contributed by atoms with E-state index in [-0.39, 0.29) is 24.0 Å². The SMILES string of the molecule is C[C@@H](O)CNc1nnc(-c2ccc(C(F)(F)F)cc2C(F)(F)F)cc1C(=O)N1CCSCC1. The Kier molecular flexibility index (Phi) is 7.42. The maximum Gasteiger partial charge on any atom is 0.417 e. The Hall–Kier alpha value is -2.54. The minimum absolute atomic E-state index is 0.00175. The van der Waals surface area contributed by atoms with Gasteiger partial charge in [0.2, 0.25) is 0 Å². The highest BCUT2D eigenvalue weighted by Crippen LogP contribution is 2.40. The first-order valence-electron chi connectivity index (χ1n) is 9.83. The van der Waals surface area contributed by atoms with Gasteiger partial charge in [-0.05, 0) is 25.1 Å². The highest BCUT2D eigenvalue weighted by Gasteiger charge is 2.39. The molecule has 13 heteroatoms. The Morgan fingerprint density at radius 2 is 1.79 bits per heavy atom. The van der Waals surface area contributed by atoms with Crippen molar-refractivity contribution in [3.05, 3.63) is 41.0 Å².